The van der Waals surface area contributed by atoms with Gasteiger partial charge in [0.25, 0.3) is 0 Å². The van der Waals surface area contributed by atoms with Crippen molar-refractivity contribution < 1.29 is 19.8 Å². The summed E-state index contributed by atoms with van der Waals surface area (Å²) in [5.74, 6) is -1.12. The molecule has 29 heavy (non-hydrogen) atoms. The number of carboxylic acids is 1. The highest BCUT2D eigenvalue weighted by molar-refractivity contribution is 5.84. The van der Waals surface area contributed by atoms with Crippen LogP contribution in [0.15, 0.2) is 47.7 Å². The van der Waals surface area contributed by atoms with Crippen molar-refractivity contribution >= 4 is 11.8 Å². The number of carboxylic acid groups (broad SMARTS) is 1. The van der Waals surface area contributed by atoms with Crippen molar-refractivity contribution in [2.45, 2.75) is 69.9 Å². The number of carbonyl (C=O) groups is 2. The summed E-state index contributed by atoms with van der Waals surface area (Å²) in [6.07, 6.45) is 8.05. The summed E-state index contributed by atoms with van der Waals surface area (Å²) >= 11 is 0. The number of aliphatic hydroxyl groups excluding tert-OH is 1. The van der Waals surface area contributed by atoms with Gasteiger partial charge in [0, 0.05) is 18.8 Å². The highest BCUT2D eigenvalue weighted by atomic mass is 16.4. The van der Waals surface area contributed by atoms with Gasteiger partial charge < -0.3 is 10.2 Å². The number of ketones is 1. The Labute approximate surface area is 172 Å². The summed E-state index contributed by atoms with van der Waals surface area (Å²) in [6.45, 7) is 0. The summed E-state index contributed by atoms with van der Waals surface area (Å²) in [5, 5.41) is 22.2. The van der Waals surface area contributed by atoms with E-state index in [1.165, 1.54) is 5.56 Å². The molecule has 4 unspecified atom stereocenters. The van der Waals surface area contributed by atoms with Crippen LogP contribution in [0.4, 0.5) is 0 Å². The van der Waals surface area contributed by atoms with Gasteiger partial charge in [0.2, 0.25) is 0 Å². The molecule has 1 aliphatic carbocycles. The molecule has 6 heteroatoms. The van der Waals surface area contributed by atoms with Gasteiger partial charge in [-0.1, -0.05) is 47.7 Å². The van der Waals surface area contributed by atoms with E-state index in [4.69, 9.17) is 5.11 Å². The number of unbranched alkanes of at least 4 members (excludes halogenated alkanes) is 1. The van der Waals surface area contributed by atoms with Crippen molar-refractivity contribution in [3.05, 3.63) is 53.0 Å². The molecule has 2 N–H and O–H groups in total. The Bertz CT molecular complexity index is 688. The molecule has 1 aliphatic rings. The van der Waals surface area contributed by atoms with Gasteiger partial charge in [-0.25, -0.2) is 0 Å². The minimum absolute atomic E-state index is 0.0635. The van der Waals surface area contributed by atoms with E-state index in [1.54, 1.807) is 0 Å². The Hall–Kier alpha value is -2.34. The number of hydrogen-bond acceptors (Lipinski definition) is 5. The summed E-state index contributed by atoms with van der Waals surface area (Å²) in [6, 6.07) is 9.48. The van der Waals surface area contributed by atoms with Gasteiger partial charge in [0.05, 0.1) is 6.10 Å². The van der Waals surface area contributed by atoms with Crippen LogP contribution in [0.2, 0.25) is 0 Å². The molecule has 0 aliphatic heterocycles. The van der Waals surface area contributed by atoms with E-state index in [-0.39, 0.29) is 30.5 Å². The van der Waals surface area contributed by atoms with E-state index in [9.17, 15) is 19.6 Å². The first kappa shape index (κ1) is 22.9. The van der Waals surface area contributed by atoms with Crippen LogP contribution in [0.1, 0.15) is 56.9 Å². The van der Waals surface area contributed by atoms with Crippen LogP contribution in [-0.4, -0.2) is 34.1 Å². The third-order valence-electron chi connectivity index (χ3n) is 5.73. The number of aliphatic carboxylic acids is 1. The molecule has 0 amide bonds. The number of rotatable bonds is 13. The minimum Gasteiger partial charge on any atom is -0.481 e. The Morgan fingerprint density at radius 2 is 1.97 bits per heavy atom. The van der Waals surface area contributed by atoms with Crippen LogP contribution < -0.4 is 0 Å². The lowest BCUT2D eigenvalue weighted by atomic mass is 9.85. The fourth-order valence-electron chi connectivity index (χ4n) is 4.07. The minimum atomic E-state index is -0.810. The van der Waals surface area contributed by atoms with Crippen LogP contribution in [0.5, 0.6) is 0 Å². The van der Waals surface area contributed by atoms with Gasteiger partial charge in [0.15, 0.2) is 0 Å². The molecule has 2 rings (SSSR count). The van der Waals surface area contributed by atoms with Crippen LogP contribution >= 0.6 is 0 Å². The first-order chi connectivity index (χ1) is 14.0. The van der Waals surface area contributed by atoms with Crippen molar-refractivity contribution in [2.24, 2.45) is 17.0 Å². The summed E-state index contributed by atoms with van der Waals surface area (Å²) in [4.78, 5) is 34.1. The lowest BCUT2D eigenvalue weighted by Crippen LogP contribution is -2.21. The highest BCUT2D eigenvalue weighted by Gasteiger charge is 2.42. The maximum atomic E-state index is 12.3. The standard InChI is InChI=1S/C23H31NO5/c25-18(13-12-17-8-4-3-5-9-17)14-15-19-20(22(26)16-21(19)24-29)10-6-1-2-7-11-23(27)28/h1,3-6,8-9,18-21,25H,2,7,10-16H2,(H,27,28). The number of aliphatic hydroxyl groups is 1. The Kier molecular flexibility index (Phi) is 9.71. The number of allylic oxidation sites excluding steroid dienone is 2. The van der Waals surface area contributed by atoms with E-state index in [0.717, 1.165) is 6.42 Å². The molecule has 0 bridgehead atoms. The number of aryl methyl sites for hydroxylation is 1. The largest absolute Gasteiger partial charge is 0.481 e. The zero-order valence-electron chi connectivity index (χ0n) is 16.8. The molecular formula is C23H31NO5. The van der Waals surface area contributed by atoms with Gasteiger partial charge in [-0.2, -0.15) is 4.91 Å². The topological polar surface area (TPSA) is 104 Å². The molecule has 4 atom stereocenters. The van der Waals surface area contributed by atoms with E-state index >= 15 is 0 Å². The van der Waals surface area contributed by atoms with Gasteiger partial charge in [-0.15, -0.1) is 0 Å². The molecule has 0 heterocycles. The van der Waals surface area contributed by atoms with E-state index < -0.39 is 18.1 Å². The zero-order chi connectivity index (χ0) is 21.1. The van der Waals surface area contributed by atoms with Gasteiger partial charge in [-0.05, 0) is 56.4 Å². The van der Waals surface area contributed by atoms with E-state index in [1.807, 2.05) is 42.5 Å². The highest BCUT2D eigenvalue weighted by Crippen LogP contribution is 2.37. The smallest absolute Gasteiger partial charge is 0.303 e. The number of benzene rings is 1. The Morgan fingerprint density at radius 3 is 2.66 bits per heavy atom. The second-order valence-electron chi connectivity index (χ2n) is 7.86. The maximum absolute atomic E-state index is 12.3. The third kappa shape index (κ3) is 7.89. The molecule has 0 aromatic heterocycles. The third-order valence-corrected chi connectivity index (χ3v) is 5.73. The SMILES string of the molecule is O=NC1CC(=O)C(CC=CCCCC(=O)O)C1CCC(O)CCc1ccccc1. The Balaban J connectivity index is 1.81. The molecule has 158 valence electrons. The predicted molar refractivity (Wildman–Crippen MR) is 111 cm³/mol. The Morgan fingerprint density at radius 1 is 1.21 bits per heavy atom. The number of Topliss-reactive ketones (excluding diaryl/α,β-unsaturated/α-hetero) is 1. The molecular weight excluding hydrogens is 370 g/mol. The van der Waals surface area contributed by atoms with Crippen molar-refractivity contribution in [1.82, 2.24) is 0 Å². The van der Waals surface area contributed by atoms with Gasteiger partial charge >= 0.3 is 5.97 Å². The first-order valence-corrected chi connectivity index (χ1v) is 10.4. The fourth-order valence-corrected chi connectivity index (χ4v) is 4.07. The molecule has 1 aromatic carbocycles. The second kappa shape index (κ2) is 12.3. The van der Waals surface area contributed by atoms with Crippen molar-refractivity contribution in [3.8, 4) is 0 Å². The summed E-state index contributed by atoms with van der Waals surface area (Å²) in [5.41, 5.74) is 1.18. The van der Waals surface area contributed by atoms with Crippen molar-refractivity contribution in [1.29, 1.82) is 0 Å². The molecule has 1 aromatic rings. The normalized spacial score (nSPS) is 22.8. The predicted octanol–water partition coefficient (Wildman–Crippen LogP) is 4.30. The quantitative estimate of drug-likeness (QED) is 0.291. The average molecular weight is 402 g/mol. The zero-order valence-corrected chi connectivity index (χ0v) is 16.8. The summed E-state index contributed by atoms with van der Waals surface area (Å²) < 4.78 is 0. The van der Waals surface area contributed by atoms with Gasteiger partial charge in [0.1, 0.15) is 11.8 Å². The average Bonchev–Trinajstić information content (AvgIpc) is 3.02. The van der Waals surface area contributed by atoms with Crippen LogP contribution in [0.3, 0.4) is 0 Å². The van der Waals surface area contributed by atoms with Crippen LogP contribution in [-0.2, 0) is 16.0 Å². The van der Waals surface area contributed by atoms with Gasteiger partial charge in [-0.3, -0.25) is 9.59 Å². The fraction of sp³-hybridized carbons (Fsp3) is 0.565. The molecule has 6 nitrogen and oxygen atoms in total. The molecule has 1 fully saturated rings. The second-order valence-corrected chi connectivity index (χ2v) is 7.86. The lowest BCUT2D eigenvalue weighted by Gasteiger charge is -2.21. The maximum Gasteiger partial charge on any atom is 0.303 e. The van der Waals surface area contributed by atoms with Crippen LogP contribution in [0, 0.1) is 16.7 Å². The summed E-state index contributed by atoms with van der Waals surface area (Å²) in [7, 11) is 0. The number of carbonyl (C=O) groups excluding carboxylic acids is 1. The van der Waals surface area contributed by atoms with E-state index in [2.05, 4.69) is 5.18 Å². The molecule has 0 radical (unpaired) electrons. The number of nitroso groups, excluding NO2 is 1. The first-order valence-electron chi connectivity index (χ1n) is 10.4. The van der Waals surface area contributed by atoms with Crippen LogP contribution in [0.25, 0.3) is 0 Å². The molecule has 0 saturated heterocycles. The van der Waals surface area contributed by atoms with Crippen molar-refractivity contribution in [3.63, 3.8) is 0 Å². The number of hydrogen-bond donors (Lipinski definition) is 2. The monoisotopic (exact) mass is 401 g/mol. The van der Waals surface area contributed by atoms with Crippen molar-refractivity contribution in [2.75, 3.05) is 0 Å². The molecule has 1 saturated carbocycles. The molecule has 0 spiro atoms. The van der Waals surface area contributed by atoms with E-state index in [0.29, 0.717) is 38.5 Å². The lowest BCUT2D eigenvalue weighted by molar-refractivity contribution is -0.137. The number of nitrogens with zero attached hydrogens (tertiary/aromatic N) is 1.